The van der Waals surface area contributed by atoms with Crippen molar-refractivity contribution in [3.63, 3.8) is 0 Å². The minimum atomic E-state index is -0.101. The summed E-state index contributed by atoms with van der Waals surface area (Å²) in [6, 6.07) is 5.24. The zero-order valence-corrected chi connectivity index (χ0v) is 12.5. The van der Waals surface area contributed by atoms with E-state index in [0.29, 0.717) is 10.9 Å². The number of piperidine rings is 1. The van der Waals surface area contributed by atoms with Gasteiger partial charge in [0.15, 0.2) is 0 Å². The summed E-state index contributed by atoms with van der Waals surface area (Å²) in [6.45, 7) is 3.08. The molecule has 0 aliphatic carbocycles. The molecular formula is C13H16BrClN2O. The highest BCUT2D eigenvalue weighted by Crippen LogP contribution is 2.26. The second-order valence-electron chi connectivity index (χ2n) is 4.75. The van der Waals surface area contributed by atoms with Crippen molar-refractivity contribution < 1.29 is 4.79 Å². The van der Waals surface area contributed by atoms with E-state index < -0.39 is 0 Å². The van der Waals surface area contributed by atoms with Gasteiger partial charge in [0.05, 0.1) is 11.7 Å². The first-order valence-corrected chi connectivity index (χ1v) is 7.22. The highest BCUT2D eigenvalue weighted by molar-refractivity contribution is 9.10. The fourth-order valence-corrected chi connectivity index (χ4v) is 2.90. The Balaban J connectivity index is 2.02. The van der Waals surface area contributed by atoms with Crippen LogP contribution in [0.25, 0.3) is 0 Å². The van der Waals surface area contributed by atoms with Crippen LogP contribution in [0.4, 0.5) is 5.69 Å². The normalized spacial score (nSPS) is 23.7. The summed E-state index contributed by atoms with van der Waals surface area (Å²) in [7, 11) is 0. The first-order chi connectivity index (χ1) is 8.56. The molecule has 1 aliphatic rings. The molecule has 0 aromatic heterocycles. The Labute approximate surface area is 120 Å². The molecule has 5 heteroatoms. The van der Waals surface area contributed by atoms with Crippen molar-refractivity contribution in [1.82, 2.24) is 5.32 Å². The third-order valence-corrected chi connectivity index (χ3v) is 4.06. The molecule has 3 nitrogen and oxygen atoms in total. The number of carbonyl (C=O) groups excluding carboxylic acids is 1. The van der Waals surface area contributed by atoms with Gasteiger partial charge in [-0.25, -0.2) is 0 Å². The molecule has 1 aromatic carbocycles. The van der Waals surface area contributed by atoms with E-state index >= 15 is 0 Å². The number of hydrogen-bond donors (Lipinski definition) is 2. The van der Waals surface area contributed by atoms with Crippen LogP contribution in [0, 0.1) is 5.92 Å². The first-order valence-electron chi connectivity index (χ1n) is 6.05. The quantitative estimate of drug-likeness (QED) is 0.872. The number of rotatable bonds is 2. The average molecular weight is 332 g/mol. The number of amides is 1. The highest BCUT2D eigenvalue weighted by Gasteiger charge is 2.24. The van der Waals surface area contributed by atoms with E-state index in [-0.39, 0.29) is 11.9 Å². The molecule has 18 heavy (non-hydrogen) atoms. The van der Waals surface area contributed by atoms with Crippen LogP contribution < -0.4 is 10.6 Å². The maximum atomic E-state index is 12.1. The summed E-state index contributed by atoms with van der Waals surface area (Å²) in [4.78, 5) is 12.1. The van der Waals surface area contributed by atoms with Gasteiger partial charge < -0.3 is 10.6 Å². The van der Waals surface area contributed by atoms with Crippen molar-refractivity contribution >= 4 is 39.1 Å². The molecule has 0 spiro atoms. The standard InChI is InChI=1S/C13H16BrClN2O/c1-8-4-5-16-12(6-8)13(18)17-11-3-2-9(15)7-10(11)14/h2-3,7-8,12,16H,4-6H2,1H3,(H,17,18). The van der Waals surface area contributed by atoms with Gasteiger partial charge in [-0.1, -0.05) is 18.5 Å². The Morgan fingerprint density at radius 1 is 1.56 bits per heavy atom. The molecule has 98 valence electrons. The maximum absolute atomic E-state index is 12.1. The maximum Gasteiger partial charge on any atom is 0.241 e. The van der Waals surface area contributed by atoms with Crippen LogP contribution in [-0.4, -0.2) is 18.5 Å². The Bertz CT molecular complexity index is 453. The summed E-state index contributed by atoms with van der Waals surface area (Å²) >= 11 is 9.26. The van der Waals surface area contributed by atoms with E-state index in [4.69, 9.17) is 11.6 Å². The molecule has 1 fully saturated rings. The lowest BCUT2D eigenvalue weighted by atomic mass is 9.94. The number of halogens is 2. The fraction of sp³-hybridized carbons (Fsp3) is 0.462. The van der Waals surface area contributed by atoms with E-state index in [1.54, 1.807) is 18.2 Å². The van der Waals surface area contributed by atoms with E-state index in [1.807, 2.05) is 0 Å². The van der Waals surface area contributed by atoms with Crippen molar-refractivity contribution in [2.45, 2.75) is 25.8 Å². The third kappa shape index (κ3) is 3.46. The Hall–Kier alpha value is -0.580. The average Bonchev–Trinajstić information content (AvgIpc) is 2.32. The minimum absolute atomic E-state index is 0.0181. The van der Waals surface area contributed by atoms with E-state index in [1.165, 1.54) is 0 Å². The van der Waals surface area contributed by atoms with Crippen LogP contribution in [-0.2, 0) is 4.79 Å². The van der Waals surface area contributed by atoms with Crippen LogP contribution in [0.3, 0.4) is 0 Å². The van der Waals surface area contributed by atoms with Crippen LogP contribution >= 0.6 is 27.5 Å². The Morgan fingerprint density at radius 2 is 2.33 bits per heavy atom. The number of anilines is 1. The van der Waals surface area contributed by atoms with Crippen LogP contribution in [0.2, 0.25) is 5.02 Å². The van der Waals surface area contributed by atoms with Crippen molar-refractivity contribution in [3.05, 3.63) is 27.7 Å². The van der Waals surface area contributed by atoms with Crippen molar-refractivity contribution in [2.24, 2.45) is 5.92 Å². The van der Waals surface area contributed by atoms with Gasteiger partial charge >= 0.3 is 0 Å². The van der Waals surface area contributed by atoms with Gasteiger partial charge in [0.1, 0.15) is 0 Å². The molecule has 2 rings (SSSR count). The smallest absolute Gasteiger partial charge is 0.241 e. The predicted octanol–water partition coefficient (Wildman–Crippen LogP) is 3.43. The molecule has 2 unspecified atom stereocenters. The fourth-order valence-electron chi connectivity index (χ4n) is 2.12. The monoisotopic (exact) mass is 330 g/mol. The van der Waals surface area contributed by atoms with Gasteiger partial charge in [-0.3, -0.25) is 4.79 Å². The zero-order valence-electron chi connectivity index (χ0n) is 10.2. The van der Waals surface area contributed by atoms with E-state index in [2.05, 4.69) is 33.5 Å². The summed E-state index contributed by atoms with van der Waals surface area (Å²) in [5.74, 6) is 0.611. The molecule has 1 saturated heterocycles. The first kappa shape index (κ1) is 13.8. The van der Waals surface area contributed by atoms with Gasteiger partial charge in [0.25, 0.3) is 0 Å². The molecule has 1 heterocycles. The Morgan fingerprint density at radius 3 is 3.00 bits per heavy atom. The number of nitrogens with one attached hydrogen (secondary N) is 2. The van der Waals surface area contributed by atoms with E-state index in [9.17, 15) is 4.79 Å². The summed E-state index contributed by atoms with van der Waals surface area (Å²) in [5.41, 5.74) is 0.754. The number of hydrogen-bond acceptors (Lipinski definition) is 2. The van der Waals surface area contributed by atoms with Crippen molar-refractivity contribution in [2.75, 3.05) is 11.9 Å². The van der Waals surface area contributed by atoms with Gasteiger partial charge in [-0.15, -0.1) is 0 Å². The second-order valence-corrected chi connectivity index (χ2v) is 6.04. The largest absolute Gasteiger partial charge is 0.324 e. The summed E-state index contributed by atoms with van der Waals surface area (Å²) < 4.78 is 0.798. The molecule has 1 aromatic rings. The predicted molar refractivity (Wildman–Crippen MR) is 78.0 cm³/mol. The highest BCUT2D eigenvalue weighted by atomic mass is 79.9. The third-order valence-electron chi connectivity index (χ3n) is 3.17. The lowest BCUT2D eigenvalue weighted by Crippen LogP contribution is -2.45. The molecule has 1 amide bonds. The van der Waals surface area contributed by atoms with Gasteiger partial charge in [0, 0.05) is 9.50 Å². The SMILES string of the molecule is CC1CCNC(C(=O)Nc2ccc(Cl)cc2Br)C1. The van der Waals surface area contributed by atoms with Crippen LogP contribution in [0.15, 0.2) is 22.7 Å². The number of benzene rings is 1. The molecule has 0 saturated carbocycles. The topological polar surface area (TPSA) is 41.1 Å². The van der Waals surface area contributed by atoms with Gasteiger partial charge in [-0.2, -0.15) is 0 Å². The summed E-state index contributed by atoms with van der Waals surface area (Å²) in [6.07, 6.45) is 2.02. The zero-order chi connectivity index (χ0) is 13.1. The van der Waals surface area contributed by atoms with Crippen LogP contribution in [0.1, 0.15) is 19.8 Å². The molecule has 0 radical (unpaired) electrons. The second kappa shape index (κ2) is 6.04. The minimum Gasteiger partial charge on any atom is -0.324 e. The van der Waals surface area contributed by atoms with E-state index in [0.717, 1.165) is 29.5 Å². The van der Waals surface area contributed by atoms with Crippen LogP contribution in [0.5, 0.6) is 0 Å². The number of carbonyl (C=O) groups is 1. The van der Waals surface area contributed by atoms with Gasteiger partial charge in [0.2, 0.25) is 5.91 Å². The van der Waals surface area contributed by atoms with Crippen molar-refractivity contribution in [3.8, 4) is 0 Å². The Kier molecular flexibility index (Phi) is 4.65. The molecule has 1 aliphatic heterocycles. The molecule has 0 bridgehead atoms. The summed E-state index contributed by atoms with van der Waals surface area (Å²) in [5, 5.41) is 6.81. The van der Waals surface area contributed by atoms with Gasteiger partial charge in [-0.05, 0) is 59.4 Å². The molecular weight excluding hydrogens is 316 g/mol. The molecule has 2 atom stereocenters. The van der Waals surface area contributed by atoms with Crippen molar-refractivity contribution in [1.29, 1.82) is 0 Å². The lowest BCUT2D eigenvalue weighted by Gasteiger charge is -2.27. The molecule has 2 N–H and O–H groups in total. The lowest BCUT2D eigenvalue weighted by molar-refractivity contribution is -0.119.